The molecule has 0 saturated carbocycles. The minimum absolute atomic E-state index is 0.546. The molecule has 0 amide bonds. The van der Waals surface area contributed by atoms with Crippen LogP contribution in [0.3, 0.4) is 0 Å². The van der Waals surface area contributed by atoms with E-state index >= 15 is 0 Å². The summed E-state index contributed by atoms with van der Waals surface area (Å²) in [5.74, 6) is 1.41. The number of piperidine rings is 1. The van der Waals surface area contributed by atoms with Gasteiger partial charge >= 0.3 is 0 Å². The molecule has 1 fully saturated rings. The molecule has 5 rings (SSSR count). The summed E-state index contributed by atoms with van der Waals surface area (Å²) < 4.78 is 5.50. The first-order valence-corrected chi connectivity index (χ1v) is 11.2. The zero-order valence-corrected chi connectivity index (χ0v) is 18.1. The van der Waals surface area contributed by atoms with Crippen LogP contribution < -0.4 is 4.74 Å². The fourth-order valence-electron chi connectivity index (χ4n) is 4.80. The van der Waals surface area contributed by atoms with E-state index in [1.807, 2.05) is 18.2 Å². The molecule has 2 heterocycles. The van der Waals surface area contributed by atoms with Gasteiger partial charge in [0, 0.05) is 23.7 Å². The third kappa shape index (κ3) is 4.21. The highest BCUT2D eigenvalue weighted by Gasteiger charge is 2.23. The number of ether oxygens (including phenoxy) is 1. The van der Waals surface area contributed by atoms with E-state index in [2.05, 4.69) is 69.7 Å². The molecule has 0 unspecified atom stereocenters. The monoisotopic (exact) mass is 411 g/mol. The smallest absolute Gasteiger partial charge is 0.128 e. The largest absolute Gasteiger partial charge is 0.496 e. The van der Waals surface area contributed by atoms with Gasteiger partial charge in [-0.2, -0.15) is 5.10 Å². The van der Waals surface area contributed by atoms with E-state index in [4.69, 9.17) is 4.74 Å². The highest BCUT2D eigenvalue weighted by molar-refractivity contribution is 5.85. The first-order chi connectivity index (χ1) is 15.3. The van der Waals surface area contributed by atoms with Crippen molar-refractivity contribution < 1.29 is 4.74 Å². The van der Waals surface area contributed by atoms with Crippen molar-refractivity contribution in [3.8, 4) is 17.0 Å². The van der Waals surface area contributed by atoms with Crippen LogP contribution in [0.25, 0.3) is 22.0 Å². The van der Waals surface area contributed by atoms with Gasteiger partial charge in [0.05, 0.1) is 12.8 Å². The maximum atomic E-state index is 5.50. The Morgan fingerprint density at radius 2 is 1.74 bits per heavy atom. The molecule has 4 aromatic rings. The number of benzene rings is 3. The Balaban J connectivity index is 1.20. The zero-order chi connectivity index (χ0) is 21.0. The van der Waals surface area contributed by atoms with Gasteiger partial charge in [-0.25, -0.2) is 0 Å². The molecule has 4 heteroatoms. The van der Waals surface area contributed by atoms with Gasteiger partial charge in [0.15, 0.2) is 0 Å². The van der Waals surface area contributed by atoms with Crippen molar-refractivity contribution in [1.29, 1.82) is 0 Å². The van der Waals surface area contributed by atoms with Crippen LogP contribution in [0, 0.1) is 0 Å². The standard InChI is InChI=1S/C27H29N3O/c1-31-27-12-5-4-11-24(27)26-19-25(28-29-26)22-14-17-30(18-15-22)16-13-21-9-6-8-20-7-2-3-10-23(20)21/h2-12,19,22H,13-18H2,1H3,(H,28,29). The summed E-state index contributed by atoms with van der Waals surface area (Å²) in [6, 6.07) is 25.6. The van der Waals surface area contributed by atoms with Crippen LogP contribution in [0.15, 0.2) is 72.8 Å². The highest BCUT2D eigenvalue weighted by Crippen LogP contribution is 2.33. The maximum Gasteiger partial charge on any atom is 0.128 e. The number of para-hydroxylation sites is 1. The molecular formula is C27H29N3O. The van der Waals surface area contributed by atoms with E-state index in [1.54, 1.807) is 7.11 Å². The summed E-state index contributed by atoms with van der Waals surface area (Å²) in [5.41, 5.74) is 4.70. The number of aromatic nitrogens is 2. The second kappa shape index (κ2) is 8.94. The van der Waals surface area contributed by atoms with Crippen LogP contribution in [0.2, 0.25) is 0 Å². The van der Waals surface area contributed by atoms with E-state index in [0.717, 1.165) is 43.1 Å². The molecular weight excluding hydrogens is 382 g/mol. The van der Waals surface area contributed by atoms with Crippen molar-refractivity contribution in [2.24, 2.45) is 0 Å². The summed E-state index contributed by atoms with van der Waals surface area (Å²) in [6.45, 7) is 3.40. The van der Waals surface area contributed by atoms with Crippen LogP contribution in [0.4, 0.5) is 0 Å². The number of H-pyrrole nitrogens is 1. The van der Waals surface area contributed by atoms with E-state index in [9.17, 15) is 0 Å². The van der Waals surface area contributed by atoms with Crippen molar-refractivity contribution in [2.45, 2.75) is 25.2 Å². The molecule has 0 atom stereocenters. The third-order valence-corrected chi connectivity index (χ3v) is 6.59. The van der Waals surface area contributed by atoms with Crippen LogP contribution in [-0.4, -0.2) is 41.8 Å². The highest BCUT2D eigenvalue weighted by atomic mass is 16.5. The minimum atomic E-state index is 0.546. The molecule has 1 saturated heterocycles. The fraction of sp³-hybridized carbons (Fsp3) is 0.296. The Kier molecular flexibility index (Phi) is 5.72. The average Bonchev–Trinajstić information content (AvgIpc) is 3.33. The molecule has 0 spiro atoms. The number of hydrogen-bond acceptors (Lipinski definition) is 3. The Labute approximate surface area is 183 Å². The number of rotatable bonds is 6. The fourth-order valence-corrected chi connectivity index (χ4v) is 4.80. The van der Waals surface area contributed by atoms with Gasteiger partial charge in [-0.15, -0.1) is 0 Å². The van der Waals surface area contributed by atoms with E-state index in [0.29, 0.717) is 5.92 Å². The topological polar surface area (TPSA) is 41.1 Å². The first-order valence-electron chi connectivity index (χ1n) is 11.2. The van der Waals surface area contributed by atoms with Crippen molar-refractivity contribution in [1.82, 2.24) is 15.1 Å². The van der Waals surface area contributed by atoms with E-state index in [-0.39, 0.29) is 0 Å². The van der Waals surface area contributed by atoms with Gasteiger partial charge in [0.2, 0.25) is 0 Å². The Bertz CT molecular complexity index is 1150. The number of hydrogen-bond donors (Lipinski definition) is 1. The van der Waals surface area contributed by atoms with E-state index in [1.165, 1.54) is 34.9 Å². The average molecular weight is 412 g/mol. The second-order valence-corrected chi connectivity index (χ2v) is 8.41. The van der Waals surface area contributed by atoms with Crippen molar-refractivity contribution >= 4 is 10.8 Å². The SMILES string of the molecule is COc1ccccc1-c1cc(C2CCN(CCc3cccc4ccccc34)CC2)[nH]n1. The molecule has 0 radical (unpaired) electrons. The normalized spacial score (nSPS) is 15.4. The molecule has 1 aromatic heterocycles. The van der Waals surface area contributed by atoms with Crippen molar-refractivity contribution in [3.05, 3.63) is 84.1 Å². The molecule has 0 aliphatic carbocycles. The third-order valence-electron chi connectivity index (χ3n) is 6.59. The second-order valence-electron chi connectivity index (χ2n) is 8.41. The summed E-state index contributed by atoms with van der Waals surface area (Å²) in [7, 11) is 1.71. The number of fused-ring (bicyclic) bond motifs is 1. The van der Waals surface area contributed by atoms with Gasteiger partial charge in [0.25, 0.3) is 0 Å². The van der Waals surface area contributed by atoms with Crippen molar-refractivity contribution in [3.63, 3.8) is 0 Å². The lowest BCUT2D eigenvalue weighted by Crippen LogP contribution is -2.34. The Morgan fingerprint density at radius 1 is 0.968 bits per heavy atom. The van der Waals surface area contributed by atoms with Crippen LogP contribution in [0.1, 0.15) is 30.0 Å². The predicted octanol–water partition coefficient (Wildman–Crippen LogP) is 5.66. The van der Waals surface area contributed by atoms with Gasteiger partial charge < -0.3 is 9.64 Å². The summed E-state index contributed by atoms with van der Waals surface area (Å²) >= 11 is 0. The lowest BCUT2D eigenvalue weighted by atomic mass is 9.92. The summed E-state index contributed by atoms with van der Waals surface area (Å²) in [6.07, 6.45) is 3.44. The lowest BCUT2D eigenvalue weighted by molar-refractivity contribution is 0.213. The number of methoxy groups -OCH3 is 1. The minimum Gasteiger partial charge on any atom is -0.496 e. The van der Waals surface area contributed by atoms with Gasteiger partial charge in [0.1, 0.15) is 5.75 Å². The molecule has 1 N–H and O–H groups in total. The lowest BCUT2D eigenvalue weighted by Gasteiger charge is -2.31. The van der Waals surface area contributed by atoms with Gasteiger partial charge in [-0.1, -0.05) is 54.6 Å². The molecule has 0 bridgehead atoms. The van der Waals surface area contributed by atoms with E-state index < -0.39 is 0 Å². The predicted molar refractivity (Wildman–Crippen MR) is 127 cm³/mol. The first kappa shape index (κ1) is 19.8. The van der Waals surface area contributed by atoms with Gasteiger partial charge in [-0.3, -0.25) is 5.10 Å². The quantitative estimate of drug-likeness (QED) is 0.445. The number of aromatic amines is 1. The maximum absolute atomic E-state index is 5.50. The van der Waals surface area contributed by atoms with Crippen LogP contribution in [0.5, 0.6) is 5.75 Å². The van der Waals surface area contributed by atoms with Gasteiger partial charge in [-0.05, 0) is 66.9 Å². The Morgan fingerprint density at radius 3 is 2.61 bits per heavy atom. The summed E-state index contributed by atoms with van der Waals surface area (Å²) in [5, 5.41) is 10.6. The van der Waals surface area contributed by atoms with Crippen molar-refractivity contribution in [2.75, 3.05) is 26.7 Å². The molecule has 158 valence electrons. The number of nitrogens with zero attached hydrogens (tertiary/aromatic N) is 2. The molecule has 1 aliphatic rings. The molecule has 3 aromatic carbocycles. The molecule has 31 heavy (non-hydrogen) atoms. The molecule has 1 aliphatic heterocycles. The van der Waals surface area contributed by atoms with Crippen LogP contribution >= 0.6 is 0 Å². The van der Waals surface area contributed by atoms with Crippen LogP contribution in [-0.2, 0) is 6.42 Å². The zero-order valence-electron chi connectivity index (χ0n) is 18.1. The number of nitrogens with one attached hydrogen (secondary N) is 1. The number of likely N-dealkylation sites (tertiary alicyclic amines) is 1. The molecule has 4 nitrogen and oxygen atoms in total. The Hall–Kier alpha value is -3.11. The summed E-state index contributed by atoms with van der Waals surface area (Å²) in [4.78, 5) is 2.61.